The fourth-order valence-electron chi connectivity index (χ4n) is 4.03. The van der Waals surface area contributed by atoms with Gasteiger partial charge in [-0.05, 0) is 61.4 Å². The number of rotatable bonds is 12. The Bertz CT molecular complexity index is 1210. The van der Waals surface area contributed by atoms with Crippen LogP contribution in [0.1, 0.15) is 31.6 Å². The van der Waals surface area contributed by atoms with Gasteiger partial charge >= 0.3 is 5.97 Å². The summed E-state index contributed by atoms with van der Waals surface area (Å²) in [6.45, 7) is 1.83. The van der Waals surface area contributed by atoms with Crippen LogP contribution < -0.4 is 10.1 Å². The summed E-state index contributed by atoms with van der Waals surface area (Å²) < 4.78 is 21.3. The molecule has 2 atom stereocenters. The Morgan fingerprint density at radius 2 is 2.05 bits per heavy atom. The van der Waals surface area contributed by atoms with Gasteiger partial charge in [0.2, 0.25) is 11.7 Å². The second-order valence-electron chi connectivity index (χ2n) is 8.50. The number of hydrogen-bond acceptors (Lipinski definition) is 10. The van der Waals surface area contributed by atoms with Crippen LogP contribution in [0.4, 0.5) is 0 Å². The molecule has 1 fully saturated rings. The number of amides is 2. The summed E-state index contributed by atoms with van der Waals surface area (Å²) in [5.74, 6) is -0.626. The van der Waals surface area contributed by atoms with Crippen LogP contribution in [0.15, 0.2) is 47.1 Å². The molecule has 0 spiro atoms. The molecule has 13 heteroatoms. The maximum absolute atomic E-state index is 13.5. The van der Waals surface area contributed by atoms with Crippen LogP contribution in [0.5, 0.6) is 5.75 Å². The van der Waals surface area contributed by atoms with E-state index in [-0.39, 0.29) is 31.6 Å². The van der Waals surface area contributed by atoms with Crippen molar-refractivity contribution in [3.05, 3.63) is 48.4 Å². The third-order valence-electron chi connectivity index (χ3n) is 5.90. The van der Waals surface area contributed by atoms with Gasteiger partial charge in [0.1, 0.15) is 24.6 Å². The highest BCUT2D eigenvalue weighted by molar-refractivity contribution is 5.90. The van der Waals surface area contributed by atoms with Crippen molar-refractivity contribution in [3.8, 4) is 17.1 Å². The average molecular weight is 527 g/mol. The lowest BCUT2D eigenvalue weighted by Crippen LogP contribution is -2.48. The standard InChI is InChI=1S/C25H30N6O7/c1-3-36-22(33)16-30(23(20-7-5-13-38-20)25(34)26-14-19-6-4-12-37-19)21(32)15-31-28-24(27-29-31)17-8-10-18(35-2)11-9-17/h5,7-11,13,19,23H,3-4,6,12,14-16H2,1-2H3,(H,26,34). The lowest BCUT2D eigenvalue weighted by atomic mass is 10.1. The summed E-state index contributed by atoms with van der Waals surface area (Å²) in [5.41, 5.74) is 0.676. The van der Waals surface area contributed by atoms with Gasteiger partial charge in [0.05, 0.1) is 26.1 Å². The molecule has 0 aliphatic carbocycles. The molecule has 2 unspecified atom stereocenters. The fourth-order valence-corrected chi connectivity index (χ4v) is 4.03. The molecule has 2 amide bonds. The van der Waals surface area contributed by atoms with Gasteiger partial charge in [-0.2, -0.15) is 4.80 Å². The van der Waals surface area contributed by atoms with Crippen LogP contribution in [0.2, 0.25) is 0 Å². The second kappa shape index (κ2) is 12.8. The van der Waals surface area contributed by atoms with Crippen molar-refractivity contribution < 1.29 is 33.0 Å². The van der Waals surface area contributed by atoms with Crippen molar-refractivity contribution in [2.45, 2.75) is 38.5 Å². The number of esters is 1. The van der Waals surface area contributed by atoms with Gasteiger partial charge in [-0.15, -0.1) is 10.2 Å². The van der Waals surface area contributed by atoms with E-state index in [0.717, 1.165) is 22.5 Å². The van der Waals surface area contributed by atoms with Crippen molar-refractivity contribution in [2.75, 3.05) is 33.4 Å². The molecule has 1 aliphatic rings. The highest BCUT2D eigenvalue weighted by Crippen LogP contribution is 2.23. The Kier molecular flexibility index (Phi) is 9.03. The third-order valence-corrected chi connectivity index (χ3v) is 5.90. The summed E-state index contributed by atoms with van der Waals surface area (Å²) in [5, 5.41) is 15.1. The Labute approximate surface area is 219 Å². The molecule has 0 bridgehead atoms. The molecule has 1 N–H and O–H groups in total. The summed E-state index contributed by atoms with van der Waals surface area (Å²) in [6.07, 6.45) is 3.02. The number of benzene rings is 1. The van der Waals surface area contributed by atoms with Crippen LogP contribution in [0, 0.1) is 0 Å². The van der Waals surface area contributed by atoms with E-state index in [4.69, 9.17) is 18.6 Å². The zero-order chi connectivity index (χ0) is 26.9. The zero-order valence-corrected chi connectivity index (χ0v) is 21.2. The molecule has 1 aliphatic heterocycles. The third kappa shape index (κ3) is 6.73. The molecule has 0 radical (unpaired) electrons. The van der Waals surface area contributed by atoms with Crippen molar-refractivity contribution in [1.29, 1.82) is 0 Å². The quantitative estimate of drug-likeness (QED) is 0.343. The SMILES string of the molecule is CCOC(=O)CN(C(=O)Cn1nnc(-c2ccc(OC)cc2)n1)C(C(=O)NCC1CCCO1)c1ccco1. The Hall–Kier alpha value is -4.26. The minimum absolute atomic E-state index is 0.110. The van der Waals surface area contributed by atoms with E-state index in [0.29, 0.717) is 23.7 Å². The van der Waals surface area contributed by atoms with Gasteiger partial charge in [0.15, 0.2) is 6.04 Å². The normalized spacial score (nSPS) is 15.6. The summed E-state index contributed by atoms with van der Waals surface area (Å²) in [4.78, 5) is 41.5. The van der Waals surface area contributed by atoms with E-state index >= 15 is 0 Å². The maximum atomic E-state index is 13.5. The molecule has 3 heterocycles. The number of nitrogens with zero attached hydrogens (tertiary/aromatic N) is 5. The highest BCUT2D eigenvalue weighted by atomic mass is 16.5. The highest BCUT2D eigenvalue weighted by Gasteiger charge is 2.36. The van der Waals surface area contributed by atoms with Crippen LogP contribution in [0.25, 0.3) is 11.4 Å². The summed E-state index contributed by atoms with van der Waals surface area (Å²) in [6, 6.07) is 8.98. The predicted octanol–water partition coefficient (Wildman–Crippen LogP) is 1.37. The molecule has 0 saturated carbocycles. The molecule has 4 rings (SSSR count). The van der Waals surface area contributed by atoms with Gasteiger partial charge < -0.3 is 28.8 Å². The molecular weight excluding hydrogens is 496 g/mol. The number of nitrogens with one attached hydrogen (secondary N) is 1. The molecule has 1 aromatic carbocycles. The zero-order valence-electron chi connectivity index (χ0n) is 21.2. The van der Waals surface area contributed by atoms with Crippen LogP contribution in [-0.4, -0.2) is 82.4 Å². The van der Waals surface area contributed by atoms with E-state index in [1.165, 1.54) is 6.26 Å². The lowest BCUT2D eigenvalue weighted by molar-refractivity contribution is -0.153. The van der Waals surface area contributed by atoms with Crippen LogP contribution in [-0.2, 0) is 30.4 Å². The number of carbonyl (C=O) groups excluding carboxylic acids is 3. The number of furan rings is 1. The maximum Gasteiger partial charge on any atom is 0.325 e. The largest absolute Gasteiger partial charge is 0.497 e. The Morgan fingerprint density at radius 3 is 2.71 bits per heavy atom. The minimum Gasteiger partial charge on any atom is -0.497 e. The van der Waals surface area contributed by atoms with Crippen molar-refractivity contribution in [1.82, 2.24) is 30.4 Å². The molecule has 2 aromatic heterocycles. The molecule has 38 heavy (non-hydrogen) atoms. The molecule has 13 nitrogen and oxygen atoms in total. The van der Waals surface area contributed by atoms with E-state index in [1.807, 2.05) is 0 Å². The number of tetrazole rings is 1. The number of methoxy groups -OCH3 is 1. The van der Waals surface area contributed by atoms with Gasteiger partial charge in [0, 0.05) is 18.7 Å². The Balaban J connectivity index is 1.54. The van der Waals surface area contributed by atoms with Gasteiger partial charge in [-0.3, -0.25) is 14.4 Å². The Morgan fingerprint density at radius 1 is 1.24 bits per heavy atom. The van der Waals surface area contributed by atoms with Crippen molar-refractivity contribution in [3.63, 3.8) is 0 Å². The molecule has 202 valence electrons. The smallest absolute Gasteiger partial charge is 0.325 e. The predicted molar refractivity (Wildman–Crippen MR) is 132 cm³/mol. The number of ether oxygens (including phenoxy) is 3. The van der Waals surface area contributed by atoms with E-state index in [1.54, 1.807) is 50.4 Å². The first-order valence-corrected chi connectivity index (χ1v) is 12.3. The van der Waals surface area contributed by atoms with Gasteiger partial charge in [-0.1, -0.05) is 0 Å². The monoisotopic (exact) mass is 526 g/mol. The number of aromatic nitrogens is 4. The van der Waals surface area contributed by atoms with E-state index < -0.39 is 30.4 Å². The first-order chi connectivity index (χ1) is 18.5. The number of carbonyl (C=O) groups is 3. The van der Waals surface area contributed by atoms with E-state index in [2.05, 4.69) is 20.7 Å². The topological polar surface area (TPSA) is 151 Å². The number of hydrogen-bond donors (Lipinski definition) is 1. The minimum atomic E-state index is -1.23. The average Bonchev–Trinajstić information content (AvgIpc) is 3.71. The second-order valence-corrected chi connectivity index (χ2v) is 8.50. The summed E-state index contributed by atoms with van der Waals surface area (Å²) in [7, 11) is 1.57. The first-order valence-electron chi connectivity index (χ1n) is 12.3. The van der Waals surface area contributed by atoms with E-state index in [9.17, 15) is 14.4 Å². The van der Waals surface area contributed by atoms with Crippen molar-refractivity contribution >= 4 is 17.8 Å². The van der Waals surface area contributed by atoms with Crippen molar-refractivity contribution in [2.24, 2.45) is 0 Å². The van der Waals surface area contributed by atoms with Gasteiger partial charge in [0.25, 0.3) is 5.91 Å². The molecule has 1 saturated heterocycles. The van der Waals surface area contributed by atoms with Crippen LogP contribution >= 0.6 is 0 Å². The van der Waals surface area contributed by atoms with Gasteiger partial charge in [-0.25, -0.2) is 0 Å². The molecule has 3 aromatic rings. The first kappa shape index (κ1) is 26.8. The molecular formula is C25H30N6O7. The summed E-state index contributed by atoms with van der Waals surface area (Å²) >= 11 is 0. The fraction of sp³-hybridized carbons (Fsp3) is 0.440. The lowest BCUT2D eigenvalue weighted by Gasteiger charge is -2.29. The van der Waals surface area contributed by atoms with Crippen LogP contribution in [0.3, 0.4) is 0 Å².